The van der Waals surface area contributed by atoms with Crippen LogP contribution in [0.5, 0.6) is 0 Å². The molecule has 0 saturated carbocycles. The molecule has 0 bridgehead atoms. The predicted molar refractivity (Wildman–Crippen MR) is 118 cm³/mol. The third-order valence-electron chi connectivity index (χ3n) is 4.89. The van der Waals surface area contributed by atoms with E-state index in [2.05, 4.69) is 15.3 Å². The lowest BCUT2D eigenvalue weighted by molar-refractivity contribution is -0.115. The molecule has 2 aromatic heterocycles. The minimum absolute atomic E-state index is 0.0601. The van der Waals surface area contributed by atoms with Crippen molar-refractivity contribution < 1.29 is 9.59 Å². The van der Waals surface area contributed by atoms with Gasteiger partial charge in [0.05, 0.1) is 5.69 Å². The number of anilines is 1. The van der Waals surface area contributed by atoms with Crippen LogP contribution in [0.1, 0.15) is 39.3 Å². The van der Waals surface area contributed by atoms with Crippen LogP contribution < -0.4 is 10.2 Å². The molecule has 0 aliphatic carbocycles. The summed E-state index contributed by atoms with van der Waals surface area (Å²) >= 11 is 1.26. The van der Waals surface area contributed by atoms with Crippen LogP contribution in [-0.2, 0) is 11.3 Å². The van der Waals surface area contributed by atoms with Crippen molar-refractivity contribution in [2.24, 2.45) is 0 Å². The molecule has 0 radical (unpaired) electrons. The number of piperidine rings is 1. The Morgan fingerprint density at radius 2 is 2.07 bits per heavy atom. The average Bonchev–Trinajstić information content (AvgIpc) is 3.16. The van der Waals surface area contributed by atoms with Crippen LogP contribution in [0.15, 0.2) is 60.4 Å². The molecule has 1 saturated heterocycles. The van der Waals surface area contributed by atoms with E-state index in [0.717, 1.165) is 29.5 Å². The Balaban J connectivity index is 1.49. The lowest BCUT2D eigenvalue weighted by Gasteiger charge is -2.26. The number of rotatable bonds is 5. The standard InChI is InChI=1S/C23H22N4O2S/c1-16-20(21(28)25-15-17-7-3-2-4-8-17)30-23(26-16)27-12-6-10-19(22(27)29)13-18-9-5-11-24-14-18/h2-5,7-9,11,13-14H,6,10,12,15H2,1H3,(H,25,28). The monoisotopic (exact) mass is 418 g/mol. The van der Waals surface area contributed by atoms with Crippen LogP contribution in [0, 0.1) is 6.92 Å². The second-order valence-corrected chi connectivity index (χ2v) is 8.07. The van der Waals surface area contributed by atoms with E-state index in [1.165, 1.54) is 11.3 Å². The summed E-state index contributed by atoms with van der Waals surface area (Å²) in [5.74, 6) is -0.231. The topological polar surface area (TPSA) is 75.2 Å². The highest BCUT2D eigenvalue weighted by molar-refractivity contribution is 7.17. The van der Waals surface area contributed by atoms with E-state index in [1.54, 1.807) is 24.2 Å². The first kappa shape index (κ1) is 20.0. The summed E-state index contributed by atoms with van der Waals surface area (Å²) < 4.78 is 0. The van der Waals surface area contributed by atoms with Gasteiger partial charge in [0.25, 0.3) is 11.8 Å². The summed E-state index contributed by atoms with van der Waals surface area (Å²) in [6, 6.07) is 13.5. The first-order chi connectivity index (χ1) is 14.6. The van der Waals surface area contributed by atoms with Crippen molar-refractivity contribution in [3.05, 3.63) is 82.1 Å². The number of carbonyl (C=O) groups excluding carboxylic acids is 2. The lowest BCUT2D eigenvalue weighted by atomic mass is 10.0. The van der Waals surface area contributed by atoms with Gasteiger partial charge in [0.15, 0.2) is 5.13 Å². The van der Waals surface area contributed by atoms with Crippen molar-refractivity contribution in [2.45, 2.75) is 26.3 Å². The van der Waals surface area contributed by atoms with Crippen molar-refractivity contribution in [3.63, 3.8) is 0 Å². The van der Waals surface area contributed by atoms with E-state index in [9.17, 15) is 9.59 Å². The predicted octanol–water partition coefficient (Wildman–Crippen LogP) is 3.99. The van der Waals surface area contributed by atoms with Crippen molar-refractivity contribution >= 4 is 34.4 Å². The maximum Gasteiger partial charge on any atom is 0.263 e. The minimum atomic E-state index is -0.171. The van der Waals surface area contributed by atoms with Gasteiger partial charge in [-0.3, -0.25) is 19.5 Å². The van der Waals surface area contributed by atoms with Crippen molar-refractivity contribution in [1.82, 2.24) is 15.3 Å². The minimum Gasteiger partial charge on any atom is -0.347 e. The Hall–Kier alpha value is -3.32. The summed E-state index contributed by atoms with van der Waals surface area (Å²) in [5.41, 5.74) is 3.30. The Kier molecular flexibility index (Phi) is 5.99. The maximum absolute atomic E-state index is 13.0. The highest BCUT2D eigenvalue weighted by atomic mass is 32.1. The number of thiazole rings is 1. The van der Waals surface area contributed by atoms with E-state index in [-0.39, 0.29) is 11.8 Å². The highest BCUT2D eigenvalue weighted by Crippen LogP contribution is 2.31. The molecule has 30 heavy (non-hydrogen) atoms. The van der Waals surface area contributed by atoms with Crippen LogP contribution >= 0.6 is 11.3 Å². The van der Waals surface area contributed by atoms with E-state index in [1.807, 2.05) is 48.5 Å². The summed E-state index contributed by atoms with van der Waals surface area (Å²) in [4.78, 5) is 36.5. The summed E-state index contributed by atoms with van der Waals surface area (Å²) in [6.07, 6.45) is 6.90. The van der Waals surface area contributed by atoms with Gasteiger partial charge in [-0.15, -0.1) is 0 Å². The Bertz CT molecular complexity index is 1080. The third-order valence-corrected chi connectivity index (χ3v) is 6.07. The van der Waals surface area contributed by atoms with Crippen molar-refractivity contribution in [2.75, 3.05) is 11.4 Å². The fraction of sp³-hybridized carbons (Fsp3) is 0.217. The summed E-state index contributed by atoms with van der Waals surface area (Å²) in [7, 11) is 0. The molecule has 7 heteroatoms. The molecule has 1 aliphatic heterocycles. The number of hydrogen-bond acceptors (Lipinski definition) is 5. The molecule has 0 atom stereocenters. The molecule has 3 heterocycles. The van der Waals surface area contributed by atoms with E-state index >= 15 is 0 Å². The number of aromatic nitrogens is 2. The number of pyridine rings is 1. The van der Waals surface area contributed by atoms with Gasteiger partial charge in [0, 0.05) is 31.1 Å². The molecule has 0 spiro atoms. The molecule has 152 valence electrons. The van der Waals surface area contributed by atoms with Gasteiger partial charge in [0.1, 0.15) is 4.88 Å². The fourth-order valence-electron chi connectivity index (χ4n) is 3.36. The SMILES string of the molecule is Cc1nc(N2CCCC(=Cc3cccnc3)C2=O)sc1C(=O)NCc1ccccc1. The number of hydrogen-bond donors (Lipinski definition) is 1. The van der Waals surface area contributed by atoms with E-state index in [0.29, 0.717) is 28.8 Å². The zero-order chi connectivity index (χ0) is 20.9. The molecule has 1 aromatic carbocycles. The highest BCUT2D eigenvalue weighted by Gasteiger charge is 2.28. The first-order valence-corrected chi connectivity index (χ1v) is 10.7. The molecule has 6 nitrogen and oxygen atoms in total. The zero-order valence-corrected chi connectivity index (χ0v) is 17.5. The van der Waals surface area contributed by atoms with Crippen LogP contribution in [0.4, 0.5) is 5.13 Å². The van der Waals surface area contributed by atoms with Gasteiger partial charge in [-0.25, -0.2) is 4.98 Å². The Morgan fingerprint density at radius 1 is 1.23 bits per heavy atom. The quantitative estimate of drug-likeness (QED) is 0.636. The van der Waals surface area contributed by atoms with Crippen LogP contribution in [0.25, 0.3) is 6.08 Å². The number of carbonyl (C=O) groups is 2. The van der Waals surface area contributed by atoms with Gasteiger partial charge in [-0.2, -0.15) is 0 Å². The third kappa shape index (κ3) is 4.46. The second kappa shape index (κ2) is 9.00. The number of nitrogens with zero attached hydrogens (tertiary/aromatic N) is 3. The lowest BCUT2D eigenvalue weighted by Crippen LogP contribution is -2.36. The van der Waals surface area contributed by atoms with E-state index < -0.39 is 0 Å². The average molecular weight is 419 g/mol. The summed E-state index contributed by atoms with van der Waals surface area (Å²) in [6.45, 7) is 2.85. The molecular formula is C23H22N4O2S. The zero-order valence-electron chi connectivity index (χ0n) is 16.7. The van der Waals surface area contributed by atoms with Gasteiger partial charge in [-0.05, 0) is 43.0 Å². The smallest absolute Gasteiger partial charge is 0.263 e. The van der Waals surface area contributed by atoms with Gasteiger partial charge >= 0.3 is 0 Å². The number of benzene rings is 1. The first-order valence-electron chi connectivity index (χ1n) is 9.84. The van der Waals surface area contributed by atoms with Gasteiger partial charge in [0.2, 0.25) is 0 Å². The number of aryl methyl sites for hydroxylation is 1. The fourth-order valence-corrected chi connectivity index (χ4v) is 4.36. The molecule has 3 aromatic rings. The molecule has 0 unspecified atom stereocenters. The Morgan fingerprint density at radius 3 is 2.83 bits per heavy atom. The van der Waals surface area contributed by atoms with Crippen molar-refractivity contribution in [3.8, 4) is 0 Å². The number of amides is 2. The molecule has 1 N–H and O–H groups in total. The Labute approximate surface area is 179 Å². The van der Waals surface area contributed by atoms with E-state index in [4.69, 9.17) is 0 Å². The van der Waals surface area contributed by atoms with Crippen molar-refractivity contribution in [1.29, 1.82) is 0 Å². The summed E-state index contributed by atoms with van der Waals surface area (Å²) in [5, 5.41) is 3.50. The van der Waals surface area contributed by atoms with Crippen LogP contribution in [0.2, 0.25) is 0 Å². The van der Waals surface area contributed by atoms with Gasteiger partial charge in [-0.1, -0.05) is 47.7 Å². The second-order valence-electron chi connectivity index (χ2n) is 7.10. The van der Waals surface area contributed by atoms with Crippen LogP contribution in [-0.4, -0.2) is 28.3 Å². The molecule has 1 aliphatic rings. The normalized spacial score (nSPS) is 15.4. The molecule has 1 fully saturated rings. The molecular weight excluding hydrogens is 396 g/mol. The number of nitrogens with one attached hydrogen (secondary N) is 1. The van der Waals surface area contributed by atoms with Gasteiger partial charge < -0.3 is 5.32 Å². The largest absolute Gasteiger partial charge is 0.347 e. The molecule has 4 rings (SSSR count). The maximum atomic E-state index is 13.0. The van der Waals surface area contributed by atoms with Crippen LogP contribution in [0.3, 0.4) is 0 Å². The molecule has 2 amide bonds.